The fraction of sp³-hybridized carbons (Fsp3) is 0.200. The molecule has 0 aromatic heterocycles. The number of hydrogen-bond acceptors (Lipinski definition) is 1. The van der Waals surface area contributed by atoms with Gasteiger partial charge in [0.2, 0.25) is 0 Å². The van der Waals surface area contributed by atoms with Crippen LogP contribution >= 0.6 is 0 Å². The van der Waals surface area contributed by atoms with Crippen LogP contribution in [0.1, 0.15) is 24.1 Å². The lowest BCUT2D eigenvalue weighted by atomic mass is 10.1. The Hall–Kier alpha value is -1.81. The Kier molecular flexibility index (Phi) is 4.22. The van der Waals surface area contributed by atoms with Crippen molar-refractivity contribution < 1.29 is 13.2 Å². The highest BCUT2D eigenvalue weighted by Crippen LogP contribution is 2.16. The van der Waals surface area contributed by atoms with E-state index < -0.39 is 11.6 Å². The van der Waals surface area contributed by atoms with E-state index in [9.17, 15) is 13.2 Å². The summed E-state index contributed by atoms with van der Waals surface area (Å²) in [5.41, 5.74) is 1.59. The van der Waals surface area contributed by atoms with Crippen molar-refractivity contribution in [3.63, 3.8) is 0 Å². The van der Waals surface area contributed by atoms with E-state index in [0.717, 1.165) is 11.6 Å². The first kappa shape index (κ1) is 13.6. The largest absolute Gasteiger partial charge is 0.306 e. The van der Waals surface area contributed by atoms with E-state index in [1.807, 2.05) is 6.92 Å². The molecule has 0 saturated carbocycles. The normalized spacial score (nSPS) is 12.4. The van der Waals surface area contributed by atoms with Crippen molar-refractivity contribution in [1.29, 1.82) is 0 Å². The molecule has 19 heavy (non-hydrogen) atoms. The Morgan fingerprint density at radius 1 is 0.947 bits per heavy atom. The molecule has 1 nitrogen and oxygen atoms in total. The van der Waals surface area contributed by atoms with Crippen LogP contribution in [0.4, 0.5) is 13.2 Å². The van der Waals surface area contributed by atoms with Gasteiger partial charge in [-0.3, -0.25) is 0 Å². The van der Waals surface area contributed by atoms with Crippen molar-refractivity contribution in [2.45, 2.75) is 19.5 Å². The Morgan fingerprint density at radius 3 is 2.26 bits per heavy atom. The molecular weight excluding hydrogens is 251 g/mol. The van der Waals surface area contributed by atoms with Crippen LogP contribution in [0.3, 0.4) is 0 Å². The average Bonchev–Trinajstić information content (AvgIpc) is 2.41. The van der Waals surface area contributed by atoms with Crippen LogP contribution in [0.5, 0.6) is 0 Å². The van der Waals surface area contributed by atoms with Gasteiger partial charge in [-0.25, -0.2) is 13.2 Å². The maximum atomic E-state index is 13.1. The van der Waals surface area contributed by atoms with Gasteiger partial charge in [0.15, 0.2) is 11.6 Å². The number of rotatable bonds is 4. The molecule has 0 saturated heterocycles. The van der Waals surface area contributed by atoms with Gasteiger partial charge in [0.05, 0.1) is 0 Å². The summed E-state index contributed by atoms with van der Waals surface area (Å²) in [4.78, 5) is 0. The maximum Gasteiger partial charge on any atom is 0.159 e. The summed E-state index contributed by atoms with van der Waals surface area (Å²) in [5, 5.41) is 3.17. The second-order valence-corrected chi connectivity index (χ2v) is 4.40. The Morgan fingerprint density at radius 2 is 1.63 bits per heavy atom. The second-order valence-electron chi connectivity index (χ2n) is 4.40. The van der Waals surface area contributed by atoms with Gasteiger partial charge in [-0.05, 0) is 42.3 Å². The predicted molar refractivity (Wildman–Crippen MR) is 68.0 cm³/mol. The van der Waals surface area contributed by atoms with Crippen LogP contribution in [0.2, 0.25) is 0 Å². The molecule has 0 aliphatic heterocycles. The van der Waals surface area contributed by atoms with E-state index in [-0.39, 0.29) is 11.9 Å². The fourth-order valence-corrected chi connectivity index (χ4v) is 1.77. The summed E-state index contributed by atoms with van der Waals surface area (Å²) in [5.74, 6) is -1.99. The molecule has 0 aliphatic rings. The van der Waals surface area contributed by atoms with Gasteiger partial charge in [-0.1, -0.05) is 18.2 Å². The molecular formula is C15H14F3N. The Labute approximate surface area is 110 Å². The van der Waals surface area contributed by atoms with Crippen molar-refractivity contribution in [1.82, 2.24) is 5.32 Å². The molecule has 1 unspecified atom stereocenters. The maximum absolute atomic E-state index is 13.1. The van der Waals surface area contributed by atoms with E-state index in [2.05, 4.69) is 5.32 Å². The molecule has 2 rings (SSSR count). The summed E-state index contributed by atoms with van der Waals surface area (Å²) in [6.07, 6.45) is 0. The van der Waals surface area contributed by atoms with E-state index in [4.69, 9.17) is 0 Å². The first-order chi connectivity index (χ1) is 9.06. The number of benzene rings is 2. The highest BCUT2D eigenvalue weighted by molar-refractivity contribution is 5.21. The molecule has 0 amide bonds. The molecule has 100 valence electrons. The van der Waals surface area contributed by atoms with Gasteiger partial charge < -0.3 is 5.32 Å². The predicted octanol–water partition coefficient (Wildman–Crippen LogP) is 3.95. The minimum Gasteiger partial charge on any atom is -0.306 e. The first-order valence-electron chi connectivity index (χ1n) is 5.99. The summed E-state index contributed by atoms with van der Waals surface area (Å²) >= 11 is 0. The molecule has 0 radical (unpaired) electrons. The molecule has 1 N–H and O–H groups in total. The van der Waals surface area contributed by atoms with Gasteiger partial charge in [0.1, 0.15) is 5.82 Å². The fourth-order valence-electron chi connectivity index (χ4n) is 1.77. The lowest BCUT2D eigenvalue weighted by Gasteiger charge is -2.14. The van der Waals surface area contributed by atoms with Crippen LogP contribution in [0.25, 0.3) is 0 Å². The van der Waals surface area contributed by atoms with Crippen LogP contribution in [-0.2, 0) is 6.54 Å². The van der Waals surface area contributed by atoms with E-state index >= 15 is 0 Å². The van der Waals surface area contributed by atoms with E-state index in [1.165, 1.54) is 18.2 Å². The Bertz CT molecular complexity index is 552. The standard InChI is InChI=1S/C15H14F3N/c1-10(12-4-7-14(17)15(18)8-12)19-9-11-2-5-13(16)6-3-11/h2-8,10,19H,9H2,1H3. The lowest BCUT2D eigenvalue weighted by Crippen LogP contribution is -2.18. The van der Waals surface area contributed by atoms with Crippen molar-refractivity contribution in [3.8, 4) is 0 Å². The van der Waals surface area contributed by atoms with Crippen LogP contribution in [0.15, 0.2) is 42.5 Å². The summed E-state index contributed by atoms with van der Waals surface area (Å²) in [7, 11) is 0. The number of nitrogens with one attached hydrogen (secondary N) is 1. The third kappa shape index (κ3) is 3.58. The van der Waals surface area contributed by atoms with Gasteiger partial charge >= 0.3 is 0 Å². The molecule has 0 bridgehead atoms. The topological polar surface area (TPSA) is 12.0 Å². The van der Waals surface area contributed by atoms with Crippen molar-refractivity contribution in [3.05, 3.63) is 71.0 Å². The van der Waals surface area contributed by atoms with E-state index in [0.29, 0.717) is 12.1 Å². The van der Waals surface area contributed by atoms with Crippen molar-refractivity contribution >= 4 is 0 Å². The second kappa shape index (κ2) is 5.89. The molecule has 0 spiro atoms. The summed E-state index contributed by atoms with van der Waals surface area (Å²) in [6.45, 7) is 2.39. The zero-order valence-corrected chi connectivity index (χ0v) is 10.5. The zero-order chi connectivity index (χ0) is 13.8. The highest BCUT2D eigenvalue weighted by atomic mass is 19.2. The van der Waals surface area contributed by atoms with Gasteiger partial charge in [0.25, 0.3) is 0 Å². The monoisotopic (exact) mass is 265 g/mol. The van der Waals surface area contributed by atoms with Gasteiger partial charge in [0, 0.05) is 12.6 Å². The summed E-state index contributed by atoms with van der Waals surface area (Å²) in [6, 6.07) is 9.85. The third-order valence-electron chi connectivity index (χ3n) is 2.97. The molecule has 0 heterocycles. The van der Waals surface area contributed by atoms with Crippen molar-refractivity contribution in [2.75, 3.05) is 0 Å². The minimum atomic E-state index is -0.854. The lowest BCUT2D eigenvalue weighted by molar-refractivity contribution is 0.500. The summed E-state index contributed by atoms with van der Waals surface area (Å²) < 4.78 is 38.7. The van der Waals surface area contributed by atoms with Crippen LogP contribution in [0, 0.1) is 17.5 Å². The van der Waals surface area contributed by atoms with Gasteiger partial charge in [-0.15, -0.1) is 0 Å². The SMILES string of the molecule is CC(NCc1ccc(F)cc1)c1ccc(F)c(F)c1. The van der Waals surface area contributed by atoms with Crippen LogP contribution < -0.4 is 5.32 Å². The molecule has 2 aromatic rings. The third-order valence-corrected chi connectivity index (χ3v) is 2.97. The average molecular weight is 265 g/mol. The minimum absolute atomic E-state index is 0.125. The zero-order valence-electron chi connectivity index (χ0n) is 10.5. The molecule has 2 aromatic carbocycles. The molecule has 4 heteroatoms. The first-order valence-corrected chi connectivity index (χ1v) is 5.99. The van der Waals surface area contributed by atoms with Crippen molar-refractivity contribution in [2.24, 2.45) is 0 Å². The molecule has 0 aliphatic carbocycles. The van der Waals surface area contributed by atoms with Crippen LogP contribution in [-0.4, -0.2) is 0 Å². The number of halogens is 3. The smallest absolute Gasteiger partial charge is 0.159 e. The quantitative estimate of drug-likeness (QED) is 0.882. The van der Waals surface area contributed by atoms with Gasteiger partial charge in [-0.2, -0.15) is 0 Å². The number of hydrogen-bond donors (Lipinski definition) is 1. The Balaban J connectivity index is 1.98. The van der Waals surface area contributed by atoms with E-state index in [1.54, 1.807) is 18.2 Å². The molecule has 0 fully saturated rings. The highest BCUT2D eigenvalue weighted by Gasteiger charge is 2.08. The molecule has 1 atom stereocenters.